The molecule has 0 spiro atoms. The van der Waals surface area contributed by atoms with E-state index >= 15 is 0 Å². The number of aromatic hydroxyl groups is 1. The van der Waals surface area contributed by atoms with Crippen LogP contribution in [0.15, 0.2) is 30.3 Å². The smallest absolute Gasteiger partial charge is 0.499 e. The second kappa shape index (κ2) is 10.6. The van der Waals surface area contributed by atoms with Gasteiger partial charge in [-0.3, -0.25) is 10.1 Å². The number of methoxy groups -OCH3 is 2. The number of nitro benzene ring substituents is 1. The van der Waals surface area contributed by atoms with Gasteiger partial charge in [-0.25, -0.2) is 9.48 Å². The molecule has 13 nitrogen and oxygen atoms in total. The minimum atomic E-state index is -1.61. The molecule has 3 rings (SSSR count). The van der Waals surface area contributed by atoms with Crippen molar-refractivity contribution in [3.63, 3.8) is 0 Å². The van der Waals surface area contributed by atoms with E-state index in [1.165, 1.54) is 25.0 Å². The van der Waals surface area contributed by atoms with Crippen molar-refractivity contribution in [3.8, 4) is 28.9 Å². The van der Waals surface area contributed by atoms with Crippen LogP contribution in [-0.4, -0.2) is 56.6 Å². The maximum Gasteiger partial charge on any atom is 0.512 e. The largest absolute Gasteiger partial charge is 0.512 e. The molecule has 0 aliphatic carbocycles. The van der Waals surface area contributed by atoms with Gasteiger partial charge in [0.25, 0.3) is 0 Å². The number of rotatable bonds is 10. The molecule has 35 heavy (non-hydrogen) atoms. The molecule has 0 atom stereocenters. The maximum atomic E-state index is 11.8. The van der Waals surface area contributed by atoms with Gasteiger partial charge in [0.05, 0.1) is 31.8 Å². The fourth-order valence-corrected chi connectivity index (χ4v) is 3.38. The molecule has 13 heteroatoms. The number of phenols is 1. The molecule has 2 N–H and O–H groups in total. The monoisotopic (exact) mass is 488 g/mol. The number of aromatic nitrogens is 3. The molecule has 0 fully saturated rings. The Labute approximate surface area is 199 Å². The average molecular weight is 488 g/mol. The first kappa shape index (κ1) is 25.1. The van der Waals surface area contributed by atoms with Crippen LogP contribution in [0.4, 0.5) is 10.5 Å². The molecule has 3 aromatic rings. The maximum absolute atomic E-state index is 11.8. The molecule has 2 aromatic carbocycles. The fourth-order valence-electron chi connectivity index (χ4n) is 3.38. The van der Waals surface area contributed by atoms with Gasteiger partial charge in [-0.1, -0.05) is 17.3 Å². The van der Waals surface area contributed by atoms with Crippen molar-refractivity contribution >= 4 is 11.8 Å². The number of benzene rings is 2. The predicted molar refractivity (Wildman–Crippen MR) is 121 cm³/mol. The first-order valence-electron chi connectivity index (χ1n) is 10.3. The van der Waals surface area contributed by atoms with Gasteiger partial charge >= 0.3 is 11.8 Å². The number of carboxylic acid groups (broad SMARTS) is 1. The summed E-state index contributed by atoms with van der Waals surface area (Å²) < 4.78 is 22.0. The van der Waals surface area contributed by atoms with Crippen molar-refractivity contribution in [1.82, 2.24) is 15.0 Å². The Balaban J connectivity index is 2.05. The van der Waals surface area contributed by atoms with Gasteiger partial charge in [0.2, 0.25) is 17.4 Å². The molecule has 1 heterocycles. The SMILES string of the molecule is COc1ccc(Cn2nnc(Cc3cc(OC(C)C)c(OC)c(O)c3[N+](=O)[O-])c2OC(=O)O)cc1. The lowest BCUT2D eigenvalue weighted by Crippen LogP contribution is -2.12. The number of nitro groups is 1. The molecule has 0 bridgehead atoms. The summed E-state index contributed by atoms with van der Waals surface area (Å²) in [7, 11) is 2.78. The summed E-state index contributed by atoms with van der Waals surface area (Å²) in [5, 5.41) is 39.5. The van der Waals surface area contributed by atoms with Gasteiger partial charge in [-0.15, -0.1) is 5.10 Å². The van der Waals surface area contributed by atoms with Gasteiger partial charge in [0, 0.05) is 12.0 Å². The lowest BCUT2D eigenvalue weighted by molar-refractivity contribution is -0.386. The van der Waals surface area contributed by atoms with Crippen LogP contribution in [0.2, 0.25) is 0 Å². The summed E-state index contributed by atoms with van der Waals surface area (Å²) >= 11 is 0. The van der Waals surface area contributed by atoms with Crippen LogP contribution in [-0.2, 0) is 13.0 Å². The summed E-state index contributed by atoms with van der Waals surface area (Å²) in [6.45, 7) is 3.58. The highest BCUT2D eigenvalue weighted by Crippen LogP contribution is 2.46. The number of nitrogens with zero attached hydrogens (tertiary/aromatic N) is 4. The summed E-state index contributed by atoms with van der Waals surface area (Å²) in [4.78, 5) is 22.4. The molecule has 1 aromatic heterocycles. The lowest BCUT2D eigenvalue weighted by atomic mass is 10.1. The number of hydrogen-bond acceptors (Lipinski definition) is 10. The molecule has 0 saturated carbocycles. The van der Waals surface area contributed by atoms with Crippen molar-refractivity contribution in [3.05, 3.63) is 57.3 Å². The van der Waals surface area contributed by atoms with Gasteiger partial charge < -0.3 is 29.2 Å². The third-order valence-corrected chi connectivity index (χ3v) is 4.81. The van der Waals surface area contributed by atoms with E-state index in [4.69, 9.17) is 18.9 Å². The highest BCUT2D eigenvalue weighted by molar-refractivity contribution is 5.67. The van der Waals surface area contributed by atoms with Crippen LogP contribution < -0.4 is 18.9 Å². The van der Waals surface area contributed by atoms with E-state index in [0.29, 0.717) is 5.75 Å². The first-order chi connectivity index (χ1) is 16.6. The number of phenolic OH excluding ortho intramolecular Hbond substituents is 1. The van der Waals surface area contributed by atoms with Gasteiger partial charge in [-0.05, 0) is 37.6 Å². The normalized spacial score (nSPS) is 10.8. The quantitative estimate of drug-likeness (QED) is 0.244. The van der Waals surface area contributed by atoms with E-state index in [1.54, 1.807) is 38.1 Å². The Morgan fingerprint density at radius 2 is 1.89 bits per heavy atom. The zero-order valence-corrected chi connectivity index (χ0v) is 19.4. The summed E-state index contributed by atoms with van der Waals surface area (Å²) in [6, 6.07) is 8.30. The van der Waals surface area contributed by atoms with E-state index in [2.05, 4.69) is 10.3 Å². The second-order valence-electron chi connectivity index (χ2n) is 7.58. The molecule has 0 amide bonds. The zero-order valence-electron chi connectivity index (χ0n) is 19.4. The van der Waals surface area contributed by atoms with Crippen LogP contribution in [0.5, 0.6) is 28.9 Å². The highest BCUT2D eigenvalue weighted by atomic mass is 16.7. The van der Waals surface area contributed by atoms with Crippen LogP contribution in [0, 0.1) is 10.1 Å². The summed E-state index contributed by atoms with van der Waals surface area (Å²) in [6.07, 6.45) is -2.22. The van der Waals surface area contributed by atoms with E-state index in [-0.39, 0.29) is 47.7 Å². The van der Waals surface area contributed by atoms with Crippen molar-refractivity contribution < 1.29 is 38.9 Å². The third-order valence-electron chi connectivity index (χ3n) is 4.81. The van der Waals surface area contributed by atoms with Crippen molar-refractivity contribution in [2.45, 2.75) is 32.9 Å². The molecule has 0 aliphatic rings. The van der Waals surface area contributed by atoms with E-state index in [0.717, 1.165) is 5.56 Å². The van der Waals surface area contributed by atoms with E-state index in [9.17, 15) is 25.1 Å². The Morgan fingerprint density at radius 3 is 2.43 bits per heavy atom. The van der Waals surface area contributed by atoms with Crippen LogP contribution in [0.1, 0.15) is 30.7 Å². The van der Waals surface area contributed by atoms with Crippen LogP contribution in [0.3, 0.4) is 0 Å². The Kier molecular flexibility index (Phi) is 7.59. The molecule has 0 radical (unpaired) electrons. The molecule has 0 aliphatic heterocycles. The zero-order chi connectivity index (χ0) is 25.7. The van der Waals surface area contributed by atoms with Gasteiger partial charge in [0.1, 0.15) is 11.4 Å². The van der Waals surface area contributed by atoms with Crippen molar-refractivity contribution in [2.24, 2.45) is 0 Å². The Bertz CT molecular complexity index is 1220. The van der Waals surface area contributed by atoms with Crippen molar-refractivity contribution in [2.75, 3.05) is 14.2 Å². The van der Waals surface area contributed by atoms with E-state index < -0.39 is 22.5 Å². The van der Waals surface area contributed by atoms with Gasteiger partial charge in [-0.2, -0.15) is 0 Å². The third kappa shape index (κ3) is 5.69. The second-order valence-corrected chi connectivity index (χ2v) is 7.58. The van der Waals surface area contributed by atoms with Crippen LogP contribution >= 0.6 is 0 Å². The van der Waals surface area contributed by atoms with Crippen LogP contribution in [0.25, 0.3) is 0 Å². The standard InChI is InChI=1S/C22H24N4O9/c1-12(2)34-17-10-14(18(26(30)31)19(27)20(17)33-4)9-16-21(35-22(28)29)25(24-23-16)11-13-5-7-15(32-3)8-6-13/h5-8,10,12,27H,9,11H2,1-4H3,(H,28,29). The summed E-state index contributed by atoms with van der Waals surface area (Å²) in [5.41, 5.74) is 0.113. The predicted octanol–water partition coefficient (Wildman–Crippen LogP) is 3.39. The Morgan fingerprint density at radius 1 is 1.20 bits per heavy atom. The first-order valence-corrected chi connectivity index (χ1v) is 10.3. The Hall–Kier alpha value is -4.55. The molecular weight excluding hydrogens is 464 g/mol. The molecular formula is C22H24N4O9. The minimum Gasteiger partial charge on any atom is -0.499 e. The molecule has 186 valence electrons. The number of carbonyl (C=O) groups is 1. The topological polar surface area (TPSA) is 168 Å². The fraction of sp³-hybridized carbons (Fsp3) is 0.318. The average Bonchev–Trinajstić information content (AvgIpc) is 3.14. The molecule has 0 saturated heterocycles. The van der Waals surface area contributed by atoms with Crippen molar-refractivity contribution in [1.29, 1.82) is 0 Å². The lowest BCUT2D eigenvalue weighted by Gasteiger charge is -2.16. The molecule has 0 unspecified atom stereocenters. The minimum absolute atomic E-state index is 0.00377. The highest BCUT2D eigenvalue weighted by Gasteiger charge is 2.30. The van der Waals surface area contributed by atoms with E-state index in [1.807, 2.05) is 0 Å². The summed E-state index contributed by atoms with van der Waals surface area (Å²) in [5.74, 6) is -0.423. The number of hydrogen-bond donors (Lipinski definition) is 2. The number of ether oxygens (including phenoxy) is 4. The van der Waals surface area contributed by atoms with Gasteiger partial charge in [0.15, 0.2) is 5.75 Å².